The van der Waals surface area contributed by atoms with E-state index in [0.29, 0.717) is 33.7 Å². The van der Waals surface area contributed by atoms with Crippen LogP contribution in [0.2, 0.25) is 10.0 Å². The van der Waals surface area contributed by atoms with Crippen LogP contribution in [0.25, 0.3) is 0 Å². The monoisotopic (exact) mass is 469 g/mol. The summed E-state index contributed by atoms with van der Waals surface area (Å²) in [5.74, 6) is 0.748. The topological polar surface area (TPSA) is 63.7 Å². The Morgan fingerprint density at radius 1 is 1.17 bits per heavy atom. The third-order valence-corrected chi connectivity index (χ3v) is 7.57. The molecule has 1 heterocycles. The number of rotatable bonds is 7. The van der Waals surface area contributed by atoms with Gasteiger partial charge in [-0.2, -0.15) is 0 Å². The zero-order valence-corrected chi connectivity index (χ0v) is 19.3. The lowest BCUT2D eigenvalue weighted by atomic mass is 10.0. The van der Waals surface area contributed by atoms with Crippen LogP contribution in [-0.2, 0) is 21.2 Å². The number of sulfone groups is 1. The van der Waals surface area contributed by atoms with Gasteiger partial charge >= 0.3 is 0 Å². The molecular weight excluding hydrogens is 445 g/mol. The highest BCUT2D eigenvalue weighted by atomic mass is 35.5. The third-order valence-electron chi connectivity index (χ3n) is 5.23. The molecule has 1 aliphatic heterocycles. The molecule has 1 aliphatic rings. The maximum absolute atomic E-state index is 13.0. The first-order valence-electron chi connectivity index (χ1n) is 9.81. The van der Waals surface area contributed by atoms with Crippen LogP contribution in [0.5, 0.6) is 5.75 Å². The van der Waals surface area contributed by atoms with Crippen molar-refractivity contribution in [3.63, 3.8) is 0 Å². The van der Waals surface area contributed by atoms with E-state index in [2.05, 4.69) is 13.8 Å². The minimum Gasteiger partial charge on any atom is -0.484 e. The molecule has 0 radical (unpaired) electrons. The summed E-state index contributed by atoms with van der Waals surface area (Å²) in [5.41, 5.74) is 1.89. The summed E-state index contributed by atoms with van der Waals surface area (Å²) < 4.78 is 29.7. The molecule has 1 amide bonds. The number of halogens is 2. The molecule has 0 bridgehead atoms. The Kier molecular flexibility index (Phi) is 7.32. The molecule has 1 atom stereocenters. The van der Waals surface area contributed by atoms with Gasteiger partial charge in [-0.25, -0.2) is 8.42 Å². The number of carbonyl (C=O) groups is 1. The van der Waals surface area contributed by atoms with Crippen molar-refractivity contribution in [2.24, 2.45) is 0 Å². The van der Waals surface area contributed by atoms with Gasteiger partial charge in [0.05, 0.1) is 11.5 Å². The molecule has 0 N–H and O–H groups in total. The first kappa shape index (κ1) is 22.9. The van der Waals surface area contributed by atoms with Crippen LogP contribution in [0, 0.1) is 0 Å². The lowest BCUT2D eigenvalue weighted by Gasteiger charge is -2.29. The molecule has 5 nitrogen and oxygen atoms in total. The first-order valence-corrected chi connectivity index (χ1v) is 12.4. The Hall–Kier alpha value is -1.76. The predicted molar refractivity (Wildman–Crippen MR) is 120 cm³/mol. The number of carbonyl (C=O) groups excluding carboxylic acids is 1. The number of nitrogens with zero attached hydrogens (tertiary/aromatic N) is 1. The molecular formula is C22H25Cl2NO4S. The molecule has 2 aromatic rings. The molecule has 3 rings (SSSR count). The summed E-state index contributed by atoms with van der Waals surface area (Å²) in [6.07, 6.45) is 0.405. The smallest absolute Gasteiger partial charge is 0.261 e. The summed E-state index contributed by atoms with van der Waals surface area (Å²) in [5, 5.41) is 0.935. The zero-order valence-electron chi connectivity index (χ0n) is 17.0. The van der Waals surface area contributed by atoms with Crippen molar-refractivity contribution >= 4 is 38.9 Å². The maximum Gasteiger partial charge on any atom is 0.261 e. The SMILES string of the molecule is CC(C)c1ccc(OCC(=O)N(Cc2ccc(Cl)cc2Cl)C2CCS(=O)(=O)C2)cc1. The quantitative estimate of drug-likeness (QED) is 0.588. The van der Waals surface area contributed by atoms with Crippen LogP contribution in [-0.4, -0.2) is 43.4 Å². The number of hydrogen-bond donors (Lipinski definition) is 0. The van der Waals surface area contributed by atoms with E-state index in [0.717, 1.165) is 0 Å². The Bertz CT molecular complexity index is 1010. The number of hydrogen-bond acceptors (Lipinski definition) is 4. The molecule has 1 unspecified atom stereocenters. The van der Waals surface area contributed by atoms with Gasteiger partial charge in [-0.1, -0.05) is 55.2 Å². The highest BCUT2D eigenvalue weighted by molar-refractivity contribution is 7.91. The van der Waals surface area contributed by atoms with E-state index < -0.39 is 15.9 Å². The van der Waals surface area contributed by atoms with Gasteiger partial charge in [0.25, 0.3) is 5.91 Å². The van der Waals surface area contributed by atoms with E-state index in [1.54, 1.807) is 23.1 Å². The summed E-state index contributed by atoms with van der Waals surface area (Å²) in [6, 6.07) is 12.3. The van der Waals surface area contributed by atoms with Gasteiger partial charge in [0.1, 0.15) is 5.75 Å². The van der Waals surface area contributed by atoms with E-state index in [-0.39, 0.29) is 30.6 Å². The van der Waals surface area contributed by atoms with Gasteiger partial charge in [0.15, 0.2) is 16.4 Å². The lowest BCUT2D eigenvalue weighted by Crippen LogP contribution is -2.43. The minimum absolute atomic E-state index is 0.0486. The van der Waals surface area contributed by atoms with Crippen molar-refractivity contribution in [3.8, 4) is 5.75 Å². The van der Waals surface area contributed by atoms with Crippen LogP contribution < -0.4 is 4.74 Å². The number of ether oxygens (including phenoxy) is 1. The van der Waals surface area contributed by atoms with Gasteiger partial charge in [-0.15, -0.1) is 0 Å². The van der Waals surface area contributed by atoms with Gasteiger partial charge < -0.3 is 9.64 Å². The summed E-state index contributed by atoms with van der Waals surface area (Å²) in [6.45, 7) is 4.23. The molecule has 162 valence electrons. The molecule has 1 saturated heterocycles. The predicted octanol–water partition coefficient (Wildman–Crippen LogP) is 4.71. The fourth-order valence-corrected chi connectivity index (χ4v) is 5.65. The van der Waals surface area contributed by atoms with Crippen molar-refractivity contribution in [3.05, 3.63) is 63.6 Å². The highest BCUT2D eigenvalue weighted by Crippen LogP contribution is 2.26. The van der Waals surface area contributed by atoms with Crippen LogP contribution in [0.4, 0.5) is 0 Å². The molecule has 0 aromatic heterocycles. The largest absolute Gasteiger partial charge is 0.484 e. The summed E-state index contributed by atoms with van der Waals surface area (Å²) in [4.78, 5) is 14.6. The fraction of sp³-hybridized carbons (Fsp3) is 0.409. The molecule has 0 aliphatic carbocycles. The minimum atomic E-state index is -3.15. The van der Waals surface area contributed by atoms with Gasteiger partial charge in [0, 0.05) is 22.6 Å². The van der Waals surface area contributed by atoms with Crippen molar-refractivity contribution in [2.45, 2.75) is 38.8 Å². The highest BCUT2D eigenvalue weighted by Gasteiger charge is 2.35. The molecule has 1 fully saturated rings. The first-order chi connectivity index (χ1) is 14.1. The summed E-state index contributed by atoms with van der Waals surface area (Å²) >= 11 is 12.2. The summed E-state index contributed by atoms with van der Waals surface area (Å²) in [7, 11) is -3.15. The van der Waals surface area contributed by atoms with E-state index in [9.17, 15) is 13.2 Å². The van der Waals surface area contributed by atoms with Crippen LogP contribution >= 0.6 is 23.2 Å². The van der Waals surface area contributed by atoms with Gasteiger partial charge in [0.2, 0.25) is 0 Å². The van der Waals surface area contributed by atoms with Gasteiger partial charge in [-0.05, 0) is 47.7 Å². The molecule has 0 spiro atoms. The van der Waals surface area contributed by atoms with Crippen molar-refractivity contribution in [1.29, 1.82) is 0 Å². The molecule has 0 saturated carbocycles. The maximum atomic E-state index is 13.0. The standard InChI is InChI=1S/C22H25Cl2NO4S/c1-15(2)16-4-7-20(8-5-16)29-13-22(26)25(19-9-10-30(27,28)14-19)12-17-3-6-18(23)11-21(17)24/h3-8,11,15,19H,9-10,12-14H2,1-2H3. The molecule has 2 aromatic carbocycles. The Labute approximate surface area is 187 Å². The van der Waals surface area contributed by atoms with E-state index in [1.807, 2.05) is 24.3 Å². The second-order valence-corrected chi connectivity index (χ2v) is 10.9. The third kappa shape index (κ3) is 5.90. The number of benzene rings is 2. The lowest BCUT2D eigenvalue weighted by molar-refractivity contribution is -0.136. The van der Waals surface area contributed by atoms with E-state index >= 15 is 0 Å². The fourth-order valence-electron chi connectivity index (χ4n) is 3.45. The Morgan fingerprint density at radius 3 is 2.43 bits per heavy atom. The normalized spacial score (nSPS) is 17.8. The average molecular weight is 470 g/mol. The van der Waals surface area contributed by atoms with Crippen LogP contribution in [0.15, 0.2) is 42.5 Å². The average Bonchev–Trinajstić information content (AvgIpc) is 3.05. The van der Waals surface area contributed by atoms with E-state index in [1.165, 1.54) is 5.56 Å². The van der Waals surface area contributed by atoms with Crippen molar-refractivity contribution in [2.75, 3.05) is 18.1 Å². The second-order valence-electron chi connectivity index (χ2n) is 7.83. The second kappa shape index (κ2) is 9.58. The number of amides is 1. The van der Waals surface area contributed by atoms with Crippen molar-refractivity contribution < 1.29 is 17.9 Å². The van der Waals surface area contributed by atoms with Gasteiger partial charge in [-0.3, -0.25) is 4.79 Å². The molecule has 8 heteroatoms. The molecule has 30 heavy (non-hydrogen) atoms. The van der Waals surface area contributed by atoms with Crippen molar-refractivity contribution in [1.82, 2.24) is 4.90 Å². The van der Waals surface area contributed by atoms with E-state index in [4.69, 9.17) is 27.9 Å². The van der Waals surface area contributed by atoms with Crippen LogP contribution in [0.1, 0.15) is 37.3 Å². The van der Waals surface area contributed by atoms with Crippen LogP contribution in [0.3, 0.4) is 0 Å². The Balaban J connectivity index is 1.74. The zero-order chi connectivity index (χ0) is 21.9. The Morgan fingerprint density at radius 2 is 1.87 bits per heavy atom.